The lowest BCUT2D eigenvalue weighted by Crippen LogP contribution is -2.28. The maximum Gasteiger partial charge on any atom is 0.230 e. The predicted molar refractivity (Wildman–Crippen MR) is 94.4 cm³/mol. The number of hydrogen-bond donors (Lipinski definition) is 1. The number of benzene rings is 2. The van der Waals surface area contributed by atoms with Gasteiger partial charge in [0.15, 0.2) is 0 Å². The second kappa shape index (κ2) is 7.50. The molecule has 0 aliphatic heterocycles. The Morgan fingerprint density at radius 1 is 1.09 bits per heavy atom. The van der Waals surface area contributed by atoms with Gasteiger partial charge in [0.05, 0.1) is 11.8 Å². The van der Waals surface area contributed by atoms with Gasteiger partial charge in [0.1, 0.15) is 0 Å². The van der Waals surface area contributed by atoms with Crippen molar-refractivity contribution in [3.63, 3.8) is 0 Å². The second-order valence-corrected chi connectivity index (χ2v) is 6.72. The zero-order chi connectivity index (χ0) is 16.1. The predicted octanol–water partition coefficient (Wildman–Crippen LogP) is 4.58. The van der Waals surface area contributed by atoms with E-state index in [2.05, 4.69) is 56.4 Å². The second-order valence-electron chi connectivity index (χ2n) is 5.70. The molecule has 0 bridgehead atoms. The monoisotopic (exact) mass is 313 g/mol. The Hall–Kier alpha value is -1.74. The summed E-state index contributed by atoms with van der Waals surface area (Å²) in [6.45, 7) is 8.27. The quantitative estimate of drug-likeness (QED) is 0.819. The maximum atomic E-state index is 12.2. The Kier molecular flexibility index (Phi) is 5.67. The lowest BCUT2D eigenvalue weighted by molar-refractivity contribution is -0.119. The van der Waals surface area contributed by atoms with Crippen LogP contribution in [0, 0.1) is 20.8 Å². The fourth-order valence-electron chi connectivity index (χ4n) is 2.45. The SMILES string of the molecule is Cc1ccc(C)c(C(C)NC(=O)CSc2ccccc2C)c1. The fraction of sp³-hybridized carbons (Fsp3) is 0.316. The van der Waals surface area contributed by atoms with E-state index in [1.54, 1.807) is 11.8 Å². The van der Waals surface area contributed by atoms with E-state index < -0.39 is 0 Å². The van der Waals surface area contributed by atoms with Gasteiger partial charge in [0, 0.05) is 4.90 Å². The van der Waals surface area contributed by atoms with Crippen molar-refractivity contribution >= 4 is 17.7 Å². The Labute approximate surface area is 137 Å². The minimum atomic E-state index is 0.0323. The molecule has 22 heavy (non-hydrogen) atoms. The van der Waals surface area contributed by atoms with Crippen LogP contribution in [0.15, 0.2) is 47.4 Å². The molecule has 1 unspecified atom stereocenters. The van der Waals surface area contributed by atoms with Gasteiger partial charge in [0.2, 0.25) is 5.91 Å². The van der Waals surface area contributed by atoms with Gasteiger partial charge in [-0.15, -0.1) is 11.8 Å². The summed E-state index contributed by atoms with van der Waals surface area (Å²) < 4.78 is 0. The molecular formula is C19H23NOS. The van der Waals surface area contributed by atoms with Crippen LogP contribution in [0.1, 0.15) is 35.2 Å². The first-order valence-corrected chi connectivity index (χ1v) is 8.51. The molecule has 1 atom stereocenters. The maximum absolute atomic E-state index is 12.2. The molecule has 2 nitrogen and oxygen atoms in total. The van der Waals surface area contributed by atoms with Crippen molar-refractivity contribution < 1.29 is 4.79 Å². The van der Waals surface area contributed by atoms with Gasteiger partial charge in [-0.25, -0.2) is 0 Å². The number of rotatable bonds is 5. The van der Waals surface area contributed by atoms with Crippen LogP contribution in [-0.4, -0.2) is 11.7 Å². The highest BCUT2D eigenvalue weighted by molar-refractivity contribution is 8.00. The van der Waals surface area contributed by atoms with Crippen molar-refractivity contribution in [3.8, 4) is 0 Å². The molecule has 2 aromatic rings. The summed E-state index contributed by atoms with van der Waals surface area (Å²) in [5.41, 5.74) is 4.83. The standard InChI is InChI=1S/C19H23NOS/c1-13-9-10-14(2)17(11-13)16(4)20-19(21)12-22-18-8-6-5-7-15(18)3/h5-11,16H,12H2,1-4H3,(H,20,21). The van der Waals surface area contributed by atoms with Gasteiger partial charge in [-0.1, -0.05) is 42.0 Å². The van der Waals surface area contributed by atoms with E-state index in [-0.39, 0.29) is 11.9 Å². The molecule has 0 fully saturated rings. The number of carbonyl (C=O) groups is 1. The first-order valence-electron chi connectivity index (χ1n) is 7.52. The number of thioether (sulfide) groups is 1. The highest BCUT2D eigenvalue weighted by atomic mass is 32.2. The van der Waals surface area contributed by atoms with Crippen molar-refractivity contribution in [3.05, 3.63) is 64.7 Å². The van der Waals surface area contributed by atoms with E-state index in [1.165, 1.54) is 22.3 Å². The molecule has 2 aromatic carbocycles. The van der Waals surface area contributed by atoms with Crippen LogP contribution in [0.25, 0.3) is 0 Å². The lowest BCUT2D eigenvalue weighted by Gasteiger charge is -2.17. The number of aryl methyl sites for hydroxylation is 3. The first-order chi connectivity index (χ1) is 10.5. The highest BCUT2D eigenvalue weighted by Gasteiger charge is 2.12. The summed E-state index contributed by atoms with van der Waals surface area (Å²) in [7, 11) is 0. The van der Waals surface area contributed by atoms with Gasteiger partial charge in [-0.05, 0) is 50.5 Å². The highest BCUT2D eigenvalue weighted by Crippen LogP contribution is 2.22. The molecule has 116 valence electrons. The molecule has 0 saturated heterocycles. The van der Waals surface area contributed by atoms with Crippen LogP contribution in [0.4, 0.5) is 0 Å². The topological polar surface area (TPSA) is 29.1 Å². The van der Waals surface area contributed by atoms with Crippen molar-refractivity contribution in [1.82, 2.24) is 5.32 Å². The summed E-state index contributed by atoms with van der Waals surface area (Å²) in [4.78, 5) is 13.3. The zero-order valence-corrected chi connectivity index (χ0v) is 14.5. The molecule has 0 radical (unpaired) electrons. The first kappa shape index (κ1) is 16.6. The fourth-order valence-corrected chi connectivity index (χ4v) is 3.29. The molecular weight excluding hydrogens is 290 g/mol. The Balaban J connectivity index is 1.94. The molecule has 0 aliphatic rings. The van der Waals surface area contributed by atoms with Crippen molar-refractivity contribution in [1.29, 1.82) is 0 Å². The summed E-state index contributed by atoms with van der Waals surface area (Å²) in [6, 6.07) is 14.5. The number of hydrogen-bond acceptors (Lipinski definition) is 2. The lowest BCUT2D eigenvalue weighted by atomic mass is 10.00. The Morgan fingerprint density at radius 2 is 1.82 bits per heavy atom. The minimum absolute atomic E-state index is 0.0323. The van der Waals surface area contributed by atoms with Gasteiger partial charge in [-0.2, -0.15) is 0 Å². The van der Waals surface area contributed by atoms with Crippen LogP contribution < -0.4 is 5.32 Å². The number of amides is 1. The largest absolute Gasteiger partial charge is 0.349 e. The van der Waals surface area contributed by atoms with Gasteiger partial charge in [0.25, 0.3) is 0 Å². The van der Waals surface area contributed by atoms with Crippen LogP contribution >= 0.6 is 11.8 Å². The molecule has 1 amide bonds. The van der Waals surface area contributed by atoms with E-state index in [0.717, 1.165) is 4.90 Å². The molecule has 0 heterocycles. The normalized spacial score (nSPS) is 12.0. The summed E-state index contributed by atoms with van der Waals surface area (Å²) >= 11 is 1.59. The van der Waals surface area contributed by atoms with E-state index in [1.807, 2.05) is 19.1 Å². The van der Waals surface area contributed by atoms with E-state index in [9.17, 15) is 4.79 Å². The van der Waals surface area contributed by atoms with Gasteiger partial charge < -0.3 is 5.32 Å². The molecule has 0 aliphatic carbocycles. The summed E-state index contributed by atoms with van der Waals surface area (Å²) in [6.07, 6.45) is 0. The Morgan fingerprint density at radius 3 is 2.55 bits per heavy atom. The average molecular weight is 313 g/mol. The minimum Gasteiger partial charge on any atom is -0.349 e. The molecule has 2 rings (SSSR count). The van der Waals surface area contributed by atoms with E-state index in [4.69, 9.17) is 0 Å². The van der Waals surface area contributed by atoms with E-state index >= 15 is 0 Å². The van der Waals surface area contributed by atoms with Crippen LogP contribution in [0.5, 0.6) is 0 Å². The molecule has 0 saturated carbocycles. The third-order valence-corrected chi connectivity index (χ3v) is 4.91. The van der Waals surface area contributed by atoms with Gasteiger partial charge in [-0.3, -0.25) is 4.79 Å². The summed E-state index contributed by atoms with van der Waals surface area (Å²) in [5, 5.41) is 3.09. The molecule has 0 spiro atoms. The number of carbonyl (C=O) groups excluding carboxylic acids is 1. The molecule has 1 N–H and O–H groups in total. The van der Waals surface area contributed by atoms with Crippen molar-refractivity contribution in [2.24, 2.45) is 0 Å². The van der Waals surface area contributed by atoms with Crippen LogP contribution in [0.2, 0.25) is 0 Å². The molecule has 3 heteroatoms. The van der Waals surface area contributed by atoms with Crippen LogP contribution in [0.3, 0.4) is 0 Å². The van der Waals surface area contributed by atoms with Crippen molar-refractivity contribution in [2.75, 3.05) is 5.75 Å². The van der Waals surface area contributed by atoms with Crippen molar-refractivity contribution in [2.45, 2.75) is 38.6 Å². The third-order valence-electron chi connectivity index (χ3n) is 3.73. The van der Waals surface area contributed by atoms with Crippen LogP contribution in [-0.2, 0) is 4.79 Å². The smallest absolute Gasteiger partial charge is 0.230 e. The third kappa shape index (κ3) is 4.38. The van der Waals surface area contributed by atoms with Gasteiger partial charge >= 0.3 is 0 Å². The average Bonchev–Trinajstić information content (AvgIpc) is 2.48. The molecule has 0 aromatic heterocycles. The number of nitrogens with one attached hydrogen (secondary N) is 1. The Bertz CT molecular complexity index is 666. The summed E-state index contributed by atoms with van der Waals surface area (Å²) in [5.74, 6) is 0.515. The zero-order valence-electron chi connectivity index (χ0n) is 13.6. The van der Waals surface area contributed by atoms with E-state index in [0.29, 0.717) is 5.75 Å².